The van der Waals surface area contributed by atoms with Crippen LogP contribution in [0.2, 0.25) is 0 Å². The summed E-state index contributed by atoms with van der Waals surface area (Å²) in [6.45, 7) is 0. The summed E-state index contributed by atoms with van der Waals surface area (Å²) in [6.07, 6.45) is -1.06. The lowest BCUT2D eigenvalue weighted by Crippen LogP contribution is -2.07. The van der Waals surface area contributed by atoms with Gasteiger partial charge in [0.2, 0.25) is 0 Å². The van der Waals surface area contributed by atoms with Gasteiger partial charge in [0.1, 0.15) is 5.82 Å². The Hall–Kier alpha value is -1.42. The summed E-state index contributed by atoms with van der Waals surface area (Å²) in [5.41, 5.74) is 0.497. The predicted molar refractivity (Wildman–Crippen MR) is 48.0 cm³/mol. The molecular formula is C10H11FO3. The molecule has 0 aromatic heterocycles. The highest BCUT2D eigenvalue weighted by atomic mass is 19.1. The SMILES string of the molecule is COC(=O)C[C@H](O)c1ccc(F)cc1. The number of benzene rings is 1. The second kappa shape index (κ2) is 4.72. The molecule has 1 rings (SSSR count). The summed E-state index contributed by atoms with van der Waals surface area (Å²) in [4.78, 5) is 10.8. The summed E-state index contributed by atoms with van der Waals surface area (Å²) >= 11 is 0. The molecule has 0 aliphatic rings. The summed E-state index contributed by atoms with van der Waals surface area (Å²) in [6, 6.07) is 5.33. The van der Waals surface area contributed by atoms with E-state index in [9.17, 15) is 14.3 Å². The third-order valence-corrected chi connectivity index (χ3v) is 1.84. The lowest BCUT2D eigenvalue weighted by Gasteiger charge is -2.08. The molecule has 14 heavy (non-hydrogen) atoms. The lowest BCUT2D eigenvalue weighted by molar-refractivity contribution is -0.142. The van der Waals surface area contributed by atoms with E-state index in [1.807, 2.05) is 0 Å². The van der Waals surface area contributed by atoms with Crippen molar-refractivity contribution in [2.45, 2.75) is 12.5 Å². The Kier molecular flexibility index (Phi) is 3.59. The Bertz CT molecular complexity index is 308. The highest BCUT2D eigenvalue weighted by molar-refractivity contribution is 5.70. The van der Waals surface area contributed by atoms with Crippen molar-refractivity contribution in [3.63, 3.8) is 0 Å². The van der Waals surface area contributed by atoms with Gasteiger partial charge in [0, 0.05) is 0 Å². The van der Waals surface area contributed by atoms with Gasteiger partial charge in [-0.05, 0) is 17.7 Å². The molecule has 1 aromatic carbocycles. The molecule has 0 aliphatic carbocycles. The largest absolute Gasteiger partial charge is 0.469 e. The molecule has 0 heterocycles. The van der Waals surface area contributed by atoms with Crippen LogP contribution in [0.4, 0.5) is 4.39 Å². The molecule has 0 radical (unpaired) electrons. The average molecular weight is 198 g/mol. The van der Waals surface area contributed by atoms with E-state index < -0.39 is 12.1 Å². The second-order valence-electron chi connectivity index (χ2n) is 2.85. The van der Waals surface area contributed by atoms with Gasteiger partial charge in [0.05, 0.1) is 19.6 Å². The smallest absolute Gasteiger partial charge is 0.308 e. The van der Waals surface area contributed by atoms with E-state index in [0.29, 0.717) is 5.56 Å². The van der Waals surface area contributed by atoms with E-state index in [1.165, 1.54) is 31.4 Å². The Labute approximate surface area is 81.1 Å². The molecule has 1 atom stereocenters. The first-order chi connectivity index (χ1) is 6.63. The zero-order valence-electron chi connectivity index (χ0n) is 7.74. The predicted octanol–water partition coefficient (Wildman–Crippen LogP) is 1.42. The molecule has 0 aliphatic heterocycles. The maximum atomic E-state index is 12.5. The minimum Gasteiger partial charge on any atom is -0.469 e. The van der Waals surface area contributed by atoms with E-state index in [-0.39, 0.29) is 12.2 Å². The molecule has 0 bridgehead atoms. The number of halogens is 1. The molecular weight excluding hydrogens is 187 g/mol. The molecule has 0 saturated heterocycles. The summed E-state index contributed by atoms with van der Waals surface area (Å²) in [5.74, 6) is -0.874. The molecule has 0 spiro atoms. The molecule has 1 aromatic rings. The number of aliphatic hydroxyl groups excluding tert-OH is 1. The van der Waals surface area contributed by atoms with E-state index >= 15 is 0 Å². The fourth-order valence-corrected chi connectivity index (χ4v) is 1.04. The quantitative estimate of drug-likeness (QED) is 0.747. The van der Waals surface area contributed by atoms with Crippen molar-refractivity contribution in [3.8, 4) is 0 Å². The van der Waals surface area contributed by atoms with E-state index in [0.717, 1.165) is 0 Å². The number of hydrogen-bond donors (Lipinski definition) is 1. The number of aliphatic hydroxyl groups is 1. The van der Waals surface area contributed by atoms with Crippen LogP contribution in [0.5, 0.6) is 0 Å². The van der Waals surface area contributed by atoms with Crippen LogP contribution in [0.1, 0.15) is 18.1 Å². The molecule has 4 heteroatoms. The molecule has 0 saturated carbocycles. The number of rotatable bonds is 3. The fourth-order valence-electron chi connectivity index (χ4n) is 1.04. The van der Waals surface area contributed by atoms with Gasteiger partial charge in [-0.3, -0.25) is 4.79 Å². The second-order valence-corrected chi connectivity index (χ2v) is 2.85. The first-order valence-electron chi connectivity index (χ1n) is 4.14. The van der Waals surface area contributed by atoms with Gasteiger partial charge in [-0.25, -0.2) is 4.39 Å². The Morgan fingerprint density at radius 3 is 2.57 bits per heavy atom. The Morgan fingerprint density at radius 1 is 1.50 bits per heavy atom. The minimum absolute atomic E-state index is 0.123. The molecule has 3 nitrogen and oxygen atoms in total. The molecule has 0 unspecified atom stereocenters. The maximum absolute atomic E-state index is 12.5. The summed E-state index contributed by atoms with van der Waals surface area (Å²) in [5, 5.41) is 9.49. The molecule has 0 amide bonds. The van der Waals surface area contributed by atoms with Crippen molar-refractivity contribution in [2.75, 3.05) is 7.11 Å². The van der Waals surface area contributed by atoms with Crippen LogP contribution >= 0.6 is 0 Å². The van der Waals surface area contributed by atoms with Gasteiger partial charge in [0.25, 0.3) is 0 Å². The van der Waals surface area contributed by atoms with E-state index in [4.69, 9.17) is 0 Å². The standard InChI is InChI=1S/C10H11FO3/c1-14-10(13)6-9(12)7-2-4-8(11)5-3-7/h2-5,9,12H,6H2,1H3/t9-/m0/s1. The highest BCUT2D eigenvalue weighted by Gasteiger charge is 2.12. The van der Waals surface area contributed by atoms with Crippen LogP contribution in [-0.4, -0.2) is 18.2 Å². The van der Waals surface area contributed by atoms with Gasteiger partial charge in [-0.15, -0.1) is 0 Å². The van der Waals surface area contributed by atoms with Gasteiger partial charge >= 0.3 is 5.97 Å². The number of carbonyl (C=O) groups excluding carboxylic acids is 1. The number of ether oxygens (including phenoxy) is 1. The van der Waals surface area contributed by atoms with Crippen molar-refractivity contribution in [2.24, 2.45) is 0 Å². The number of methoxy groups -OCH3 is 1. The van der Waals surface area contributed by atoms with Crippen molar-refractivity contribution >= 4 is 5.97 Å². The third-order valence-electron chi connectivity index (χ3n) is 1.84. The Balaban J connectivity index is 2.65. The zero-order valence-corrected chi connectivity index (χ0v) is 7.74. The van der Waals surface area contributed by atoms with Gasteiger partial charge < -0.3 is 9.84 Å². The normalized spacial score (nSPS) is 12.2. The van der Waals surface area contributed by atoms with Gasteiger partial charge in [-0.2, -0.15) is 0 Å². The number of carbonyl (C=O) groups is 1. The topological polar surface area (TPSA) is 46.5 Å². The average Bonchev–Trinajstić information content (AvgIpc) is 2.18. The Morgan fingerprint density at radius 2 is 2.07 bits per heavy atom. The first kappa shape index (κ1) is 10.7. The van der Waals surface area contributed by atoms with E-state index in [1.54, 1.807) is 0 Å². The van der Waals surface area contributed by atoms with Crippen molar-refractivity contribution in [1.82, 2.24) is 0 Å². The minimum atomic E-state index is -0.942. The van der Waals surface area contributed by atoms with E-state index in [2.05, 4.69) is 4.74 Å². The van der Waals surface area contributed by atoms with Crippen LogP contribution in [0.15, 0.2) is 24.3 Å². The third kappa shape index (κ3) is 2.81. The van der Waals surface area contributed by atoms with Crippen LogP contribution in [-0.2, 0) is 9.53 Å². The van der Waals surface area contributed by atoms with Crippen molar-refractivity contribution < 1.29 is 19.0 Å². The fraction of sp³-hybridized carbons (Fsp3) is 0.300. The van der Waals surface area contributed by atoms with Gasteiger partial charge in [-0.1, -0.05) is 12.1 Å². The zero-order chi connectivity index (χ0) is 10.6. The van der Waals surface area contributed by atoms with Crippen LogP contribution < -0.4 is 0 Å². The maximum Gasteiger partial charge on any atom is 0.308 e. The summed E-state index contributed by atoms with van der Waals surface area (Å²) < 4.78 is 16.9. The molecule has 0 fully saturated rings. The number of hydrogen-bond acceptors (Lipinski definition) is 3. The molecule has 1 N–H and O–H groups in total. The summed E-state index contributed by atoms with van der Waals surface area (Å²) in [7, 11) is 1.25. The highest BCUT2D eigenvalue weighted by Crippen LogP contribution is 2.16. The van der Waals surface area contributed by atoms with Crippen LogP contribution in [0.25, 0.3) is 0 Å². The van der Waals surface area contributed by atoms with Crippen LogP contribution in [0, 0.1) is 5.82 Å². The van der Waals surface area contributed by atoms with Crippen LogP contribution in [0.3, 0.4) is 0 Å². The first-order valence-corrected chi connectivity index (χ1v) is 4.14. The molecule has 76 valence electrons. The van der Waals surface area contributed by atoms with Crippen molar-refractivity contribution in [1.29, 1.82) is 0 Å². The lowest BCUT2D eigenvalue weighted by atomic mass is 10.1. The van der Waals surface area contributed by atoms with Gasteiger partial charge in [0.15, 0.2) is 0 Å². The van der Waals surface area contributed by atoms with Crippen molar-refractivity contribution in [3.05, 3.63) is 35.6 Å². The number of esters is 1. The monoisotopic (exact) mass is 198 g/mol.